The Morgan fingerprint density at radius 3 is 2.52 bits per heavy atom. The van der Waals surface area contributed by atoms with Crippen LogP contribution < -0.4 is 16.4 Å². The van der Waals surface area contributed by atoms with Crippen LogP contribution in [0.25, 0.3) is 0 Å². The number of carbonyl (C=O) groups excluding carboxylic acids is 2. The molecule has 0 spiro atoms. The number of hydrogen-bond donors (Lipinski definition) is 3. The molecular formula is C20H21Cl2N3O2. The second-order valence-corrected chi connectivity index (χ2v) is 8.00. The number of rotatable bonds is 6. The van der Waals surface area contributed by atoms with E-state index in [2.05, 4.69) is 10.6 Å². The van der Waals surface area contributed by atoms with Crippen molar-refractivity contribution in [2.75, 3.05) is 5.32 Å². The van der Waals surface area contributed by atoms with Crippen LogP contribution in [0.2, 0.25) is 10.0 Å². The van der Waals surface area contributed by atoms with Crippen LogP contribution in [0, 0.1) is 5.92 Å². The highest BCUT2D eigenvalue weighted by Crippen LogP contribution is 2.40. The van der Waals surface area contributed by atoms with E-state index in [-0.39, 0.29) is 11.8 Å². The molecule has 2 amide bonds. The summed E-state index contributed by atoms with van der Waals surface area (Å²) in [5.41, 5.74) is 6.65. The molecule has 142 valence electrons. The molecule has 0 saturated carbocycles. The predicted molar refractivity (Wildman–Crippen MR) is 108 cm³/mol. The summed E-state index contributed by atoms with van der Waals surface area (Å²) in [6, 6.07) is 11.8. The van der Waals surface area contributed by atoms with Crippen LogP contribution in [0.3, 0.4) is 0 Å². The number of fused-ring (bicyclic) bond motifs is 1. The smallest absolute Gasteiger partial charge is 0.249 e. The van der Waals surface area contributed by atoms with E-state index in [1.165, 1.54) is 0 Å². The molecule has 2 atom stereocenters. The minimum Gasteiger partial charge on any atom is -0.368 e. The van der Waals surface area contributed by atoms with Gasteiger partial charge in [0.25, 0.3) is 0 Å². The topological polar surface area (TPSA) is 84.2 Å². The molecule has 1 aliphatic rings. The Kier molecular flexibility index (Phi) is 5.47. The lowest BCUT2D eigenvalue weighted by molar-refractivity contribution is -0.125. The van der Waals surface area contributed by atoms with Crippen molar-refractivity contribution in [2.24, 2.45) is 11.7 Å². The summed E-state index contributed by atoms with van der Waals surface area (Å²) in [7, 11) is 0. The van der Waals surface area contributed by atoms with Crippen molar-refractivity contribution < 1.29 is 9.59 Å². The summed E-state index contributed by atoms with van der Waals surface area (Å²) < 4.78 is 0. The third-order valence-corrected chi connectivity index (χ3v) is 5.28. The van der Waals surface area contributed by atoms with Gasteiger partial charge in [0.15, 0.2) is 0 Å². The summed E-state index contributed by atoms with van der Waals surface area (Å²) in [5.74, 6) is -0.861. The van der Waals surface area contributed by atoms with Crippen molar-refractivity contribution in [3.63, 3.8) is 0 Å². The third kappa shape index (κ3) is 3.81. The lowest BCUT2D eigenvalue weighted by Crippen LogP contribution is -2.59. The van der Waals surface area contributed by atoms with Gasteiger partial charge in [-0.1, -0.05) is 55.2 Å². The molecule has 1 unspecified atom stereocenters. The SMILES string of the molecule is CC(C)[C@H](NC1(Cc2cccc(Cl)c2)C(=O)Nc2cc(Cl)ccc21)C(N)=O. The van der Waals surface area contributed by atoms with Gasteiger partial charge in [-0.3, -0.25) is 14.9 Å². The van der Waals surface area contributed by atoms with Gasteiger partial charge in [-0.05, 0) is 35.7 Å². The van der Waals surface area contributed by atoms with E-state index in [9.17, 15) is 9.59 Å². The standard InChI is InChI=1S/C20H21Cl2N3O2/c1-11(2)17(18(23)26)25-20(10-12-4-3-5-13(21)8-12)15-7-6-14(22)9-16(15)24-19(20)27/h3-9,11,17,25H,10H2,1-2H3,(H2,23,26)(H,24,27)/t17-,20?/m0/s1. The maximum absolute atomic E-state index is 13.1. The summed E-state index contributed by atoms with van der Waals surface area (Å²) in [6.07, 6.45) is 0.310. The highest BCUT2D eigenvalue weighted by Gasteiger charge is 2.49. The summed E-state index contributed by atoms with van der Waals surface area (Å²) in [5, 5.41) is 7.22. The number of anilines is 1. The number of hydrogen-bond acceptors (Lipinski definition) is 3. The van der Waals surface area contributed by atoms with E-state index >= 15 is 0 Å². The van der Waals surface area contributed by atoms with Gasteiger partial charge in [-0.15, -0.1) is 0 Å². The largest absolute Gasteiger partial charge is 0.368 e. The zero-order chi connectivity index (χ0) is 19.8. The first-order valence-electron chi connectivity index (χ1n) is 8.66. The quantitative estimate of drug-likeness (QED) is 0.687. The molecule has 1 aliphatic heterocycles. The van der Waals surface area contributed by atoms with Gasteiger partial charge in [0.2, 0.25) is 11.8 Å². The van der Waals surface area contributed by atoms with Gasteiger partial charge < -0.3 is 11.1 Å². The second kappa shape index (κ2) is 7.50. The highest BCUT2D eigenvalue weighted by atomic mass is 35.5. The predicted octanol–water partition coefficient (Wildman–Crippen LogP) is 3.48. The van der Waals surface area contributed by atoms with Crippen LogP contribution in [0.15, 0.2) is 42.5 Å². The van der Waals surface area contributed by atoms with Crippen molar-refractivity contribution in [1.29, 1.82) is 0 Å². The maximum atomic E-state index is 13.1. The molecule has 2 aromatic carbocycles. The minimum absolute atomic E-state index is 0.0945. The van der Waals surface area contributed by atoms with Crippen molar-refractivity contribution >= 4 is 40.7 Å². The van der Waals surface area contributed by atoms with Crippen LogP contribution in [-0.2, 0) is 21.5 Å². The zero-order valence-corrected chi connectivity index (χ0v) is 16.6. The molecule has 0 aromatic heterocycles. The Bertz CT molecular complexity index is 901. The monoisotopic (exact) mass is 405 g/mol. The van der Waals surface area contributed by atoms with Crippen LogP contribution >= 0.6 is 23.2 Å². The number of benzene rings is 2. The molecule has 0 radical (unpaired) electrons. The second-order valence-electron chi connectivity index (χ2n) is 7.12. The maximum Gasteiger partial charge on any atom is 0.249 e. The Hall–Kier alpha value is -2.08. The molecule has 0 saturated heterocycles. The molecule has 0 aliphatic carbocycles. The molecule has 27 heavy (non-hydrogen) atoms. The number of nitrogens with one attached hydrogen (secondary N) is 2. The molecule has 7 heteroatoms. The Balaban J connectivity index is 2.12. The first kappa shape index (κ1) is 19.7. The fourth-order valence-electron chi connectivity index (χ4n) is 3.50. The Labute approximate surface area is 168 Å². The highest BCUT2D eigenvalue weighted by molar-refractivity contribution is 6.31. The molecule has 0 bridgehead atoms. The normalized spacial score (nSPS) is 19.7. The zero-order valence-electron chi connectivity index (χ0n) is 15.1. The number of halogens is 2. The van der Waals surface area contributed by atoms with Crippen molar-refractivity contribution in [1.82, 2.24) is 5.32 Å². The van der Waals surface area contributed by atoms with E-state index in [1.807, 2.05) is 26.0 Å². The fourth-order valence-corrected chi connectivity index (χ4v) is 3.88. The van der Waals surface area contributed by atoms with Gasteiger partial charge in [0, 0.05) is 27.7 Å². The van der Waals surface area contributed by atoms with E-state index < -0.39 is 17.5 Å². The fraction of sp³-hybridized carbons (Fsp3) is 0.300. The van der Waals surface area contributed by atoms with Crippen LogP contribution in [0.4, 0.5) is 5.69 Å². The van der Waals surface area contributed by atoms with Gasteiger partial charge in [0.1, 0.15) is 5.54 Å². The lowest BCUT2D eigenvalue weighted by Gasteiger charge is -2.34. The minimum atomic E-state index is -1.16. The number of primary amides is 1. The van der Waals surface area contributed by atoms with E-state index in [4.69, 9.17) is 28.9 Å². The Morgan fingerprint density at radius 2 is 1.89 bits per heavy atom. The molecule has 0 fully saturated rings. The van der Waals surface area contributed by atoms with Gasteiger partial charge in [-0.25, -0.2) is 0 Å². The summed E-state index contributed by atoms with van der Waals surface area (Å²) in [4.78, 5) is 25.2. The van der Waals surface area contributed by atoms with Gasteiger partial charge in [-0.2, -0.15) is 0 Å². The van der Waals surface area contributed by atoms with Crippen molar-refractivity contribution in [3.05, 3.63) is 63.6 Å². The van der Waals surface area contributed by atoms with E-state index in [1.54, 1.807) is 30.3 Å². The first-order chi connectivity index (χ1) is 12.7. The Morgan fingerprint density at radius 1 is 1.19 bits per heavy atom. The van der Waals surface area contributed by atoms with Crippen LogP contribution in [0.5, 0.6) is 0 Å². The average Bonchev–Trinajstić information content (AvgIpc) is 2.83. The average molecular weight is 406 g/mol. The third-order valence-electron chi connectivity index (χ3n) is 4.81. The molecule has 5 nitrogen and oxygen atoms in total. The molecule has 3 rings (SSSR count). The first-order valence-corrected chi connectivity index (χ1v) is 9.41. The van der Waals surface area contributed by atoms with Gasteiger partial charge >= 0.3 is 0 Å². The van der Waals surface area contributed by atoms with E-state index in [0.29, 0.717) is 22.2 Å². The van der Waals surface area contributed by atoms with Gasteiger partial charge in [0.05, 0.1) is 6.04 Å². The molecule has 4 N–H and O–H groups in total. The summed E-state index contributed by atoms with van der Waals surface area (Å²) >= 11 is 12.2. The van der Waals surface area contributed by atoms with Crippen molar-refractivity contribution in [2.45, 2.75) is 31.8 Å². The molecule has 2 aromatic rings. The van der Waals surface area contributed by atoms with Crippen LogP contribution in [-0.4, -0.2) is 17.9 Å². The van der Waals surface area contributed by atoms with Crippen molar-refractivity contribution in [3.8, 4) is 0 Å². The molecular weight excluding hydrogens is 385 g/mol. The van der Waals surface area contributed by atoms with E-state index in [0.717, 1.165) is 11.1 Å². The number of amides is 2. The number of carbonyl (C=O) groups is 2. The molecule has 1 heterocycles. The van der Waals surface area contributed by atoms with Crippen LogP contribution in [0.1, 0.15) is 25.0 Å². The number of nitrogens with two attached hydrogens (primary N) is 1. The lowest BCUT2D eigenvalue weighted by atomic mass is 9.83. The summed E-state index contributed by atoms with van der Waals surface area (Å²) in [6.45, 7) is 3.76.